The van der Waals surface area contributed by atoms with Crippen molar-refractivity contribution in [2.75, 3.05) is 13.6 Å². The molecular formula is C26H34FN3O3. The number of carbonyl (C=O) groups excluding carboxylic acids is 1. The van der Waals surface area contributed by atoms with Gasteiger partial charge in [0.15, 0.2) is 0 Å². The van der Waals surface area contributed by atoms with Crippen LogP contribution >= 0.6 is 0 Å². The maximum absolute atomic E-state index is 15.7. The average Bonchev–Trinajstić information content (AvgIpc) is 3.26. The number of ether oxygens (including phenoxy) is 1. The summed E-state index contributed by atoms with van der Waals surface area (Å²) < 4.78 is 23.1. The summed E-state index contributed by atoms with van der Waals surface area (Å²) in [6, 6.07) is 11.3. The Labute approximate surface area is 195 Å². The normalized spacial score (nSPS) is 14.7. The molecule has 1 aromatic carbocycles. The molecule has 0 aliphatic heterocycles. The van der Waals surface area contributed by atoms with Crippen LogP contribution in [0.2, 0.25) is 0 Å². The third-order valence-corrected chi connectivity index (χ3v) is 6.00. The van der Waals surface area contributed by atoms with Crippen LogP contribution in [0.3, 0.4) is 0 Å². The Kier molecular flexibility index (Phi) is 7.12. The van der Waals surface area contributed by atoms with E-state index in [9.17, 15) is 9.90 Å². The van der Waals surface area contributed by atoms with Crippen molar-refractivity contribution in [3.8, 4) is 11.1 Å². The number of fused-ring (bicyclic) bond motifs is 1. The number of pyridine rings is 1. The van der Waals surface area contributed by atoms with E-state index in [0.29, 0.717) is 5.56 Å². The molecule has 1 amide bonds. The van der Waals surface area contributed by atoms with E-state index in [1.54, 1.807) is 53.1 Å². The van der Waals surface area contributed by atoms with Crippen molar-refractivity contribution in [2.45, 2.75) is 64.8 Å². The molecule has 0 fully saturated rings. The van der Waals surface area contributed by atoms with E-state index in [4.69, 9.17) is 4.74 Å². The van der Waals surface area contributed by atoms with E-state index in [1.165, 1.54) is 4.90 Å². The summed E-state index contributed by atoms with van der Waals surface area (Å²) in [4.78, 5) is 17.8. The largest absolute Gasteiger partial charge is 0.444 e. The van der Waals surface area contributed by atoms with Gasteiger partial charge in [0, 0.05) is 43.7 Å². The van der Waals surface area contributed by atoms with Gasteiger partial charge >= 0.3 is 6.09 Å². The summed E-state index contributed by atoms with van der Waals surface area (Å²) >= 11 is 0. The second-order valence-corrected chi connectivity index (χ2v) is 9.55. The molecule has 2 aromatic heterocycles. The molecule has 6 nitrogen and oxygen atoms in total. The zero-order valence-corrected chi connectivity index (χ0v) is 20.3. The SMILES string of the molecule is CCC(F)(CCN(C)C(=O)OC(C)(C)C)C(O)c1ccc(-c2ccc3nccn3c2C)cc1. The van der Waals surface area contributed by atoms with Gasteiger partial charge < -0.3 is 19.1 Å². The Bertz CT molecular complexity index is 1100. The van der Waals surface area contributed by atoms with Crippen molar-refractivity contribution in [3.05, 3.63) is 60.0 Å². The molecule has 33 heavy (non-hydrogen) atoms. The van der Waals surface area contributed by atoms with Crippen LogP contribution in [0.4, 0.5) is 9.18 Å². The van der Waals surface area contributed by atoms with E-state index in [1.807, 2.05) is 41.8 Å². The zero-order valence-electron chi connectivity index (χ0n) is 20.3. The molecule has 0 bridgehead atoms. The average molecular weight is 456 g/mol. The van der Waals surface area contributed by atoms with Crippen LogP contribution < -0.4 is 0 Å². The molecule has 2 unspecified atom stereocenters. The molecule has 0 aliphatic rings. The third kappa shape index (κ3) is 5.53. The molecule has 0 aliphatic carbocycles. The summed E-state index contributed by atoms with van der Waals surface area (Å²) in [5.41, 5.74) is 1.96. The number of carbonyl (C=O) groups is 1. The number of aryl methyl sites for hydroxylation is 1. The monoisotopic (exact) mass is 455 g/mol. The van der Waals surface area contributed by atoms with Crippen molar-refractivity contribution < 1.29 is 19.0 Å². The van der Waals surface area contributed by atoms with Gasteiger partial charge in [-0.15, -0.1) is 0 Å². The van der Waals surface area contributed by atoms with Crippen molar-refractivity contribution in [1.82, 2.24) is 14.3 Å². The van der Waals surface area contributed by atoms with Crippen molar-refractivity contribution in [3.63, 3.8) is 0 Å². The number of hydrogen-bond donors (Lipinski definition) is 1. The molecule has 3 rings (SSSR count). The highest BCUT2D eigenvalue weighted by Crippen LogP contribution is 2.37. The fraction of sp³-hybridized carbons (Fsp3) is 0.462. The first kappa shape index (κ1) is 24.7. The molecular weight excluding hydrogens is 421 g/mol. The lowest BCUT2D eigenvalue weighted by atomic mass is 9.86. The van der Waals surface area contributed by atoms with E-state index in [2.05, 4.69) is 4.98 Å². The van der Waals surface area contributed by atoms with Crippen LogP contribution in [0, 0.1) is 6.92 Å². The standard InChI is InChI=1S/C26H34FN3O3/c1-7-26(27,14-16-29(6)24(32)33-25(3,4)5)23(31)20-10-8-19(9-11-20)21-12-13-22-28-15-17-30(22)18(21)2/h8-13,15,17,23,31H,7,14,16H2,1-6H3. The van der Waals surface area contributed by atoms with Gasteiger partial charge in [-0.2, -0.15) is 0 Å². The van der Waals surface area contributed by atoms with Crippen LogP contribution in [0.1, 0.15) is 57.9 Å². The fourth-order valence-corrected chi connectivity index (χ4v) is 3.87. The number of rotatable bonds is 7. The number of aliphatic hydroxyl groups is 1. The van der Waals surface area contributed by atoms with E-state index < -0.39 is 23.5 Å². The van der Waals surface area contributed by atoms with Gasteiger partial charge in [0.05, 0.1) is 0 Å². The van der Waals surface area contributed by atoms with Crippen LogP contribution in [-0.4, -0.2) is 50.3 Å². The summed E-state index contributed by atoms with van der Waals surface area (Å²) in [5.74, 6) is 0. The molecule has 7 heteroatoms. The van der Waals surface area contributed by atoms with Gasteiger partial charge in [-0.3, -0.25) is 0 Å². The maximum Gasteiger partial charge on any atom is 0.410 e. The number of halogens is 1. The minimum Gasteiger partial charge on any atom is -0.444 e. The van der Waals surface area contributed by atoms with Gasteiger partial charge in [-0.1, -0.05) is 31.2 Å². The topological polar surface area (TPSA) is 67.1 Å². The zero-order chi connectivity index (χ0) is 24.4. The minimum atomic E-state index is -1.87. The van der Waals surface area contributed by atoms with Crippen LogP contribution in [0.5, 0.6) is 0 Å². The lowest BCUT2D eigenvalue weighted by Crippen LogP contribution is -2.39. The molecule has 2 heterocycles. The van der Waals surface area contributed by atoms with Crippen LogP contribution in [-0.2, 0) is 4.74 Å². The van der Waals surface area contributed by atoms with E-state index in [0.717, 1.165) is 22.5 Å². The number of aliphatic hydroxyl groups excluding tert-OH is 1. The first-order valence-electron chi connectivity index (χ1n) is 11.3. The summed E-state index contributed by atoms with van der Waals surface area (Å²) in [6.07, 6.45) is 1.98. The van der Waals surface area contributed by atoms with Crippen LogP contribution in [0.15, 0.2) is 48.8 Å². The van der Waals surface area contributed by atoms with E-state index >= 15 is 4.39 Å². The predicted octanol–water partition coefficient (Wildman–Crippen LogP) is 5.72. The highest BCUT2D eigenvalue weighted by Gasteiger charge is 2.38. The maximum atomic E-state index is 15.7. The highest BCUT2D eigenvalue weighted by molar-refractivity contribution is 5.69. The summed E-state index contributed by atoms with van der Waals surface area (Å²) in [6.45, 7) is 9.22. The highest BCUT2D eigenvalue weighted by atomic mass is 19.1. The molecule has 0 spiro atoms. The number of imidazole rings is 1. The van der Waals surface area contributed by atoms with Gasteiger partial charge in [0.2, 0.25) is 0 Å². The second-order valence-electron chi connectivity index (χ2n) is 9.55. The minimum absolute atomic E-state index is 0.00142. The van der Waals surface area contributed by atoms with Gasteiger partial charge in [0.25, 0.3) is 0 Å². The first-order chi connectivity index (χ1) is 15.4. The molecule has 0 saturated heterocycles. The molecule has 0 saturated carbocycles. The molecule has 3 aromatic rings. The van der Waals surface area contributed by atoms with E-state index in [-0.39, 0.29) is 19.4 Å². The number of hydrogen-bond acceptors (Lipinski definition) is 4. The van der Waals surface area contributed by atoms with Crippen molar-refractivity contribution in [2.24, 2.45) is 0 Å². The number of alkyl halides is 1. The fourth-order valence-electron chi connectivity index (χ4n) is 3.87. The Balaban J connectivity index is 1.73. The molecule has 1 N–H and O–H groups in total. The number of amides is 1. The quantitative estimate of drug-likeness (QED) is 0.495. The predicted molar refractivity (Wildman–Crippen MR) is 128 cm³/mol. The smallest absolute Gasteiger partial charge is 0.410 e. The lowest BCUT2D eigenvalue weighted by molar-refractivity contribution is -0.0270. The second kappa shape index (κ2) is 9.51. The third-order valence-electron chi connectivity index (χ3n) is 6.00. The Hall–Kier alpha value is -2.93. The summed E-state index contributed by atoms with van der Waals surface area (Å²) in [5, 5.41) is 10.9. The molecule has 178 valence electrons. The van der Waals surface area contributed by atoms with Gasteiger partial charge in [-0.25, -0.2) is 14.2 Å². The number of benzene rings is 1. The summed E-state index contributed by atoms with van der Waals surface area (Å²) in [7, 11) is 1.57. The van der Waals surface area contributed by atoms with Crippen molar-refractivity contribution >= 4 is 11.7 Å². The van der Waals surface area contributed by atoms with Crippen molar-refractivity contribution in [1.29, 1.82) is 0 Å². The number of nitrogens with zero attached hydrogens (tertiary/aromatic N) is 3. The number of aromatic nitrogens is 2. The Morgan fingerprint density at radius 3 is 2.48 bits per heavy atom. The Morgan fingerprint density at radius 2 is 1.88 bits per heavy atom. The molecule has 2 atom stereocenters. The first-order valence-corrected chi connectivity index (χ1v) is 11.3. The van der Waals surface area contributed by atoms with Gasteiger partial charge in [0.1, 0.15) is 23.0 Å². The Morgan fingerprint density at radius 1 is 1.21 bits per heavy atom. The lowest BCUT2D eigenvalue weighted by Gasteiger charge is -2.32. The van der Waals surface area contributed by atoms with Gasteiger partial charge in [-0.05, 0) is 57.4 Å². The van der Waals surface area contributed by atoms with Crippen LogP contribution in [0.25, 0.3) is 16.8 Å². The molecule has 0 radical (unpaired) electrons.